The summed E-state index contributed by atoms with van der Waals surface area (Å²) in [5.74, 6) is -2.95. The van der Waals surface area contributed by atoms with Gasteiger partial charge in [-0.2, -0.15) is 0 Å². The van der Waals surface area contributed by atoms with Crippen LogP contribution in [0.2, 0.25) is 0 Å². The summed E-state index contributed by atoms with van der Waals surface area (Å²) in [6, 6.07) is 7.38. The van der Waals surface area contributed by atoms with Crippen molar-refractivity contribution >= 4 is 33.5 Å². The van der Waals surface area contributed by atoms with Crippen molar-refractivity contribution in [1.29, 1.82) is 0 Å². The number of allylic oxidation sites excluding steroid dienone is 2. The van der Waals surface area contributed by atoms with Crippen LogP contribution in [-0.2, 0) is 19.6 Å². The van der Waals surface area contributed by atoms with E-state index in [1.807, 2.05) is 12.2 Å². The van der Waals surface area contributed by atoms with E-state index in [1.165, 1.54) is 24.3 Å². The van der Waals surface area contributed by atoms with E-state index in [2.05, 4.69) is 20.0 Å². The molecular formula is C21H22N4O5S. The standard InChI is InChI=1S/C21H22N4O5S/c1-11-9-12(2)23-21(22-11)25-31(29,30)16-7-5-15(6-8-16)24-19(26)17-13-3-4-14(10-13)18(17)20(27)28/h3-9,13-14,17-18H,10H2,1-2H3,(H,24,26)(H,27,28)(H,22,23,25)/t13-,14+,17+,18+/m1/s1. The lowest BCUT2D eigenvalue weighted by Crippen LogP contribution is -2.36. The van der Waals surface area contributed by atoms with Gasteiger partial charge in [-0.3, -0.25) is 9.59 Å². The fourth-order valence-corrected chi connectivity index (χ4v) is 5.35. The van der Waals surface area contributed by atoms with Crippen LogP contribution >= 0.6 is 0 Å². The first-order chi connectivity index (χ1) is 14.6. The number of sulfonamides is 1. The molecule has 1 amide bonds. The average Bonchev–Trinajstić information content (AvgIpc) is 3.28. The Kier molecular flexibility index (Phi) is 5.26. The van der Waals surface area contributed by atoms with Crippen molar-refractivity contribution in [2.75, 3.05) is 10.0 Å². The molecule has 1 saturated carbocycles. The zero-order valence-electron chi connectivity index (χ0n) is 16.9. The third kappa shape index (κ3) is 4.15. The highest BCUT2D eigenvalue weighted by Gasteiger charge is 2.51. The van der Waals surface area contributed by atoms with Gasteiger partial charge in [0.2, 0.25) is 11.9 Å². The Morgan fingerprint density at radius 2 is 1.58 bits per heavy atom. The number of carbonyl (C=O) groups is 2. The van der Waals surface area contributed by atoms with Gasteiger partial charge in [-0.05, 0) is 62.4 Å². The number of nitrogens with zero attached hydrogens (tertiary/aromatic N) is 2. The molecule has 1 heterocycles. The number of nitrogens with one attached hydrogen (secondary N) is 2. The highest BCUT2D eigenvalue weighted by atomic mass is 32.2. The quantitative estimate of drug-likeness (QED) is 0.584. The number of anilines is 2. The van der Waals surface area contributed by atoms with Crippen LogP contribution in [0, 0.1) is 37.5 Å². The maximum Gasteiger partial charge on any atom is 0.307 e. The Morgan fingerprint density at radius 1 is 1.00 bits per heavy atom. The normalized spacial score (nSPS) is 24.2. The van der Waals surface area contributed by atoms with Crippen molar-refractivity contribution in [2.45, 2.75) is 25.2 Å². The molecule has 1 aromatic heterocycles. The summed E-state index contributed by atoms with van der Waals surface area (Å²) in [7, 11) is -3.91. The number of carbonyl (C=O) groups excluding carboxylic acids is 1. The van der Waals surface area contributed by atoms with Gasteiger partial charge in [-0.25, -0.2) is 23.1 Å². The first-order valence-electron chi connectivity index (χ1n) is 9.81. The van der Waals surface area contributed by atoms with Crippen molar-refractivity contribution in [3.05, 3.63) is 53.9 Å². The van der Waals surface area contributed by atoms with Gasteiger partial charge in [0.05, 0.1) is 16.7 Å². The van der Waals surface area contributed by atoms with Crippen LogP contribution < -0.4 is 10.0 Å². The van der Waals surface area contributed by atoms with Crippen molar-refractivity contribution in [3.8, 4) is 0 Å². The minimum absolute atomic E-state index is 0.0143. The minimum atomic E-state index is -3.91. The van der Waals surface area contributed by atoms with E-state index in [0.29, 0.717) is 23.5 Å². The summed E-state index contributed by atoms with van der Waals surface area (Å²) in [6.07, 6.45) is 4.45. The summed E-state index contributed by atoms with van der Waals surface area (Å²) in [5.41, 5.74) is 1.67. The van der Waals surface area contributed by atoms with Gasteiger partial charge in [0.25, 0.3) is 10.0 Å². The molecule has 0 saturated heterocycles. The number of amides is 1. The topological polar surface area (TPSA) is 138 Å². The van der Waals surface area contributed by atoms with E-state index in [0.717, 1.165) is 0 Å². The third-order valence-corrected chi connectivity index (χ3v) is 7.03. The number of hydrogen-bond acceptors (Lipinski definition) is 6. The van der Waals surface area contributed by atoms with E-state index in [1.54, 1.807) is 19.9 Å². The Morgan fingerprint density at radius 3 is 2.16 bits per heavy atom. The zero-order valence-corrected chi connectivity index (χ0v) is 17.8. The fraction of sp³-hybridized carbons (Fsp3) is 0.333. The number of aliphatic carboxylic acids is 1. The number of aryl methyl sites for hydroxylation is 2. The van der Waals surface area contributed by atoms with Gasteiger partial charge in [-0.1, -0.05) is 12.2 Å². The van der Waals surface area contributed by atoms with Crippen LogP contribution in [-0.4, -0.2) is 35.4 Å². The molecular weight excluding hydrogens is 420 g/mol. The maximum absolute atomic E-state index is 12.8. The largest absolute Gasteiger partial charge is 0.481 e. The van der Waals surface area contributed by atoms with Crippen LogP contribution in [0.4, 0.5) is 11.6 Å². The molecule has 31 heavy (non-hydrogen) atoms. The second kappa shape index (κ2) is 7.77. The summed E-state index contributed by atoms with van der Waals surface area (Å²) < 4.78 is 27.6. The van der Waals surface area contributed by atoms with E-state index < -0.39 is 27.8 Å². The highest BCUT2D eigenvalue weighted by Crippen LogP contribution is 2.48. The summed E-state index contributed by atoms with van der Waals surface area (Å²) in [4.78, 5) is 32.5. The van der Waals surface area contributed by atoms with Gasteiger partial charge in [-0.15, -0.1) is 0 Å². The Hall–Kier alpha value is -3.27. The predicted octanol–water partition coefficient (Wildman–Crippen LogP) is 2.36. The van der Waals surface area contributed by atoms with Gasteiger partial charge < -0.3 is 10.4 Å². The number of aromatic nitrogens is 2. The highest BCUT2D eigenvalue weighted by molar-refractivity contribution is 7.92. The Balaban J connectivity index is 1.47. The second-order valence-electron chi connectivity index (χ2n) is 7.93. The van der Waals surface area contributed by atoms with E-state index in [-0.39, 0.29) is 28.6 Å². The number of hydrogen-bond donors (Lipinski definition) is 3. The number of rotatable bonds is 6. The molecule has 1 aromatic carbocycles. The molecule has 3 N–H and O–H groups in total. The molecule has 2 aliphatic rings. The second-order valence-corrected chi connectivity index (χ2v) is 9.61. The van der Waals surface area contributed by atoms with Crippen molar-refractivity contribution in [3.63, 3.8) is 0 Å². The predicted molar refractivity (Wildman–Crippen MR) is 113 cm³/mol. The van der Waals surface area contributed by atoms with Crippen LogP contribution in [0.1, 0.15) is 17.8 Å². The summed E-state index contributed by atoms with van der Waals surface area (Å²) in [5, 5.41) is 12.2. The first-order valence-corrected chi connectivity index (χ1v) is 11.3. The third-order valence-electron chi connectivity index (χ3n) is 5.69. The molecule has 2 aliphatic carbocycles. The molecule has 0 radical (unpaired) electrons. The molecule has 4 rings (SSSR count). The van der Waals surface area contributed by atoms with Crippen LogP contribution in [0.5, 0.6) is 0 Å². The lowest BCUT2D eigenvalue weighted by molar-refractivity contribution is -0.146. The van der Waals surface area contributed by atoms with Gasteiger partial charge in [0.1, 0.15) is 0 Å². The number of fused-ring (bicyclic) bond motifs is 2. The summed E-state index contributed by atoms with van der Waals surface area (Å²) in [6.45, 7) is 3.48. The molecule has 0 unspecified atom stereocenters. The van der Waals surface area contributed by atoms with E-state index >= 15 is 0 Å². The number of carboxylic acid groups (broad SMARTS) is 1. The minimum Gasteiger partial charge on any atom is -0.481 e. The zero-order chi connectivity index (χ0) is 22.3. The molecule has 9 nitrogen and oxygen atoms in total. The molecule has 0 spiro atoms. The number of carboxylic acids is 1. The molecule has 4 atom stereocenters. The molecule has 10 heteroatoms. The molecule has 0 aliphatic heterocycles. The number of benzene rings is 1. The van der Waals surface area contributed by atoms with Crippen LogP contribution in [0.25, 0.3) is 0 Å². The lowest BCUT2D eigenvalue weighted by atomic mass is 9.82. The monoisotopic (exact) mass is 442 g/mol. The SMILES string of the molecule is Cc1cc(C)nc(NS(=O)(=O)c2ccc(NC(=O)[C@@H]3[C@@H](C(=O)O)[C@H]4C=C[C@@H]3C4)cc2)n1. The maximum atomic E-state index is 12.8. The van der Waals surface area contributed by atoms with Gasteiger partial charge in [0.15, 0.2) is 0 Å². The summed E-state index contributed by atoms with van der Waals surface area (Å²) >= 11 is 0. The lowest BCUT2D eigenvalue weighted by Gasteiger charge is -2.23. The average molecular weight is 442 g/mol. The Bertz CT molecular complexity index is 1160. The fourth-order valence-electron chi connectivity index (χ4n) is 4.41. The molecule has 162 valence electrons. The van der Waals surface area contributed by atoms with E-state index in [4.69, 9.17) is 0 Å². The molecule has 2 aromatic rings. The van der Waals surface area contributed by atoms with Crippen molar-refractivity contribution in [1.82, 2.24) is 9.97 Å². The van der Waals surface area contributed by atoms with Gasteiger partial charge in [0, 0.05) is 17.1 Å². The van der Waals surface area contributed by atoms with Crippen molar-refractivity contribution in [2.24, 2.45) is 23.7 Å². The van der Waals surface area contributed by atoms with Crippen LogP contribution in [0.3, 0.4) is 0 Å². The Labute approximate surface area is 179 Å². The molecule has 2 bridgehead atoms. The van der Waals surface area contributed by atoms with Gasteiger partial charge >= 0.3 is 5.97 Å². The van der Waals surface area contributed by atoms with E-state index in [9.17, 15) is 23.1 Å². The first kappa shape index (κ1) is 21.0. The van der Waals surface area contributed by atoms with Crippen molar-refractivity contribution < 1.29 is 23.1 Å². The molecule has 1 fully saturated rings. The van der Waals surface area contributed by atoms with Crippen LogP contribution in [0.15, 0.2) is 47.4 Å². The smallest absolute Gasteiger partial charge is 0.307 e.